The number of benzene rings is 1. The Morgan fingerprint density at radius 2 is 1.88 bits per heavy atom. The van der Waals surface area contributed by atoms with Crippen molar-refractivity contribution in [1.29, 1.82) is 0 Å². The number of nitrogens with one attached hydrogen (secondary N) is 1. The van der Waals surface area contributed by atoms with Crippen molar-refractivity contribution in [3.8, 4) is 11.5 Å². The zero-order valence-electron chi connectivity index (χ0n) is 14.6. The molecule has 1 aromatic carbocycles. The van der Waals surface area contributed by atoms with E-state index in [9.17, 15) is 9.90 Å². The second-order valence-electron chi connectivity index (χ2n) is 5.42. The highest BCUT2D eigenvalue weighted by Crippen LogP contribution is 2.17. The minimum Gasteiger partial charge on any atom is -0.492 e. The lowest BCUT2D eigenvalue weighted by atomic mass is 10.1. The van der Waals surface area contributed by atoms with Gasteiger partial charge in [0.05, 0.1) is 13.2 Å². The molecule has 0 aliphatic heterocycles. The fraction of sp³-hybridized carbons (Fsp3) is 0.333. The van der Waals surface area contributed by atoms with Gasteiger partial charge in [0.25, 0.3) is 0 Å². The lowest BCUT2D eigenvalue weighted by Gasteiger charge is -2.12. The Kier molecular flexibility index (Phi) is 7.66. The number of pyridine rings is 1. The summed E-state index contributed by atoms with van der Waals surface area (Å²) in [5.41, 5.74) is 6.22. The molecule has 140 valence electrons. The molecule has 0 fully saturated rings. The van der Waals surface area contributed by atoms with Crippen molar-refractivity contribution in [3.63, 3.8) is 0 Å². The largest absolute Gasteiger partial charge is 0.492 e. The average molecular weight is 361 g/mol. The first-order valence-electron chi connectivity index (χ1n) is 8.11. The van der Waals surface area contributed by atoms with Gasteiger partial charge >= 0.3 is 5.97 Å². The first-order chi connectivity index (χ1) is 12.6. The molecule has 1 atom stereocenters. The number of hydrogen-bond donors (Lipinski definition) is 3. The van der Waals surface area contributed by atoms with Crippen LogP contribution in [-0.2, 0) is 9.53 Å². The molecule has 2 aromatic rings. The third-order valence-electron chi connectivity index (χ3n) is 3.49. The normalized spacial score (nSPS) is 11.6. The van der Waals surface area contributed by atoms with Crippen LogP contribution in [0.1, 0.15) is 11.7 Å². The summed E-state index contributed by atoms with van der Waals surface area (Å²) in [5.74, 6) is 1.22. The van der Waals surface area contributed by atoms with Crippen LogP contribution < -0.4 is 20.5 Å². The summed E-state index contributed by atoms with van der Waals surface area (Å²) in [5, 5.41) is 13.1. The number of esters is 1. The molecule has 0 aliphatic rings. The molecular weight excluding hydrogens is 338 g/mol. The van der Waals surface area contributed by atoms with Crippen molar-refractivity contribution in [2.45, 2.75) is 6.10 Å². The van der Waals surface area contributed by atoms with Gasteiger partial charge in [0.15, 0.2) is 6.61 Å². The Balaban J connectivity index is 1.63. The van der Waals surface area contributed by atoms with Gasteiger partial charge in [0.1, 0.15) is 23.9 Å². The molecule has 0 spiro atoms. The monoisotopic (exact) mass is 361 g/mol. The van der Waals surface area contributed by atoms with Gasteiger partial charge < -0.3 is 30.4 Å². The van der Waals surface area contributed by atoms with E-state index in [4.69, 9.17) is 15.2 Å². The Morgan fingerprint density at radius 1 is 1.19 bits per heavy atom. The van der Waals surface area contributed by atoms with Crippen LogP contribution in [0.5, 0.6) is 11.5 Å². The van der Waals surface area contributed by atoms with Crippen LogP contribution in [0, 0.1) is 0 Å². The average Bonchev–Trinajstić information content (AvgIpc) is 2.67. The van der Waals surface area contributed by atoms with Gasteiger partial charge in [-0.3, -0.25) is 0 Å². The standard InChI is InChI=1S/C18H23N3O5/c1-24-18(23)12-26-15-5-3-14(4-6-15)25-9-8-20-11-16(22)13-2-7-17(19)21-10-13/h2-7,10,16,20,22H,8-9,11-12H2,1H3,(H2,19,21)/t16-/m0/s1. The lowest BCUT2D eigenvalue weighted by Crippen LogP contribution is -2.26. The summed E-state index contributed by atoms with van der Waals surface area (Å²) in [6, 6.07) is 10.3. The van der Waals surface area contributed by atoms with Crippen molar-refractivity contribution >= 4 is 11.8 Å². The van der Waals surface area contributed by atoms with Gasteiger partial charge in [-0.15, -0.1) is 0 Å². The zero-order valence-corrected chi connectivity index (χ0v) is 14.6. The Labute approximate surface area is 151 Å². The molecule has 1 aromatic heterocycles. The molecule has 2 rings (SSSR count). The number of hydrogen-bond acceptors (Lipinski definition) is 8. The lowest BCUT2D eigenvalue weighted by molar-refractivity contribution is -0.142. The van der Waals surface area contributed by atoms with E-state index >= 15 is 0 Å². The topological polar surface area (TPSA) is 116 Å². The predicted molar refractivity (Wildman–Crippen MR) is 95.9 cm³/mol. The summed E-state index contributed by atoms with van der Waals surface area (Å²) in [7, 11) is 1.31. The number of nitrogen functional groups attached to an aromatic ring is 1. The van der Waals surface area contributed by atoms with E-state index in [0.29, 0.717) is 42.6 Å². The number of carbonyl (C=O) groups excluding carboxylic acids is 1. The molecule has 26 heavy (non-hydrogen) atoms. The maximum Gasteiger partial charge on any atom is 0.343 e. The molecule has 0 amide bonds. The summed E-state index contributed by atoms with van der Waals surface area (Å²) < 4.78 is 15.3. The fourth-order valence-electron chi connectivity index (χ4n) is 2.04. The highest BCUT2D eigenvalue weighted by Gasteiger charge is 2.07. The fourth-order valence-corrected chi connectivity index (χ4v) is 2.04. The molecule has 0 aliphatic carbocycles. The molecular formula is C18H23N3O5. The van der Waals surface area contributed by atoms with Crippen molar-refractivity contribution in [1.82, 2.24) is 10.3 Å². The van der Waals surface area contributed by atoms with Crippen molar-refractivity contribution in [2.75, 3.05) is 39.1 Å². The molecule has 0 saturated carbocycles. The van der Waals surface area contributed by atoms with E-state index in [2.05, 4.69) is 15.0 Å². The number of aromatic nitrogens is 1. The van der Waals surface area contributed by atoms with Crippen molar-refractivity contribution in [2.24, 2.45) is 0 Å². The van der Waals surface area contributed by atoms with Crippen LogP contribution >= 0.6 is 0 Å². The number of carbonyl (C=O) groups is 1. The number of aliphatic hydroxyl groups is 1. The molecule has 1 heterocycles. The van der Waals surface area contributed by atoms with Gasteiger partial charge in [-0.25, -0.2) is 9.78 Å². The predicted octanol–water partition coefficient (Wildman–Crippen LogP) is 0.918. The van der Waals surface area contributed by atoms with Gasteiger partial charge in [-0.2, -0.15) is 0 Å². The first kappa shape index (κ1) is 19.5. The van der Waals surface area contributed by atoms with Crippen LogP contribution in [0.15, 0.2) is 42.6 Å². The zero-order chi connectivity index (χ0) is 18.8. The van der Waals surface area contributed by atoms with E-state index in [-0.39, 0.29) is 6.61 Å². The Bertz CT molecular complexity index is 676. The Morgan fingerprint density at radius 3 is 2.50 bits per heavy atom. The van der Waals surface area contributed by atoms with E-state index in [1.165, 1.54) is 7.11 Å². The van der Waals surface area contributed by atoms with Crippen LogP contribution in [0.3, 0.4) is 0 Å². The maximum atomic E-state index is 11.0. The van der Waals surface area contributed by atoms with E-state index in [1.54, 1.807) is 42.6 Å². The SMILES string of the molecule is COC(=O)COc1ccc(OCCNC[C@H](O)c2ccc(N)nc2)cc1. The number of methoxy groups -OCH3 is 1. The summed E-state index contributed by atoms with van der Waals surface area (Å²) >= 11 is 0. The van der Waals surface area contributed by atoms with E-state index in [1.807, 2.05) is 0 Å². The number of nitrogens with zero attached hydrogens (tertiary/aromatic N) is 1. The molecule has 0 bridgehead atoms. The molecule has 8 nitrogen and oxygen atoms in total. The number of ether oxygens (including phenoxy) is 3. The molecule has 0 radical (unpaired) electrons. The van der Waals surface area contributed by atoms with Gasteiger partial charge in [-0.05, 0) is 30.3 Å². The van der Waals surface area contributed by atoms with Gasteiger partial charge in [0.2, 0.25) is 0 Å². The highest BCUT2D eigenvalue weighted by atomic mass is 16.6. The minimum absolute atomic E-state index is 0.132. The number of nitrogens with two attached hydrogens (primary N) is 1. The second kappa shape index (κ2) is 10.2. The third kappa shape index (κ3) is 6.58. The quantitative estimate of drug-likeness (QED) is 0.423. The maximum absolute atomic E-state index is 11.0. The van der Waals surface area contributed by atoms with Crippen molar-refractivity contribution in [3.05, 3.63) is 48.2 Å². The third-order valence-corrected chi connectivity index (χ3v) is 3.49. The summed E-state index contributed by atoms with van der Waals surface area (Å²) in [6.45, 7) is 1.26. The Hall–Kier alpha value is -2.84. The molecule has 0 unspecified atom stereocenters. The summed E-state index contributed by atoms with van der Waals surface area (Å²) in [4.78, 5) is 15.0. The van der Waals surface area contributed by atoms with Gasteiger partial charge in [0, 0.05) is 24.8 Å². The number of anilines is 1. The second-order valence-corrected chi connectivity index (χ2v) is 5.42. The molecule has 8 heteroatoms. The van der Waals surface area contributed by atoms with Crippen molar-refractivity contribution < 1.29 is 24.1 Å². The number of rotatable bonds is 10. The van der Waals surface area contributed by atoms with E-state index in [0.717, 1.165) is 0 Å². The number of aliphatic hydroxyl groups excluding tert-OH is 1. The van der Waals surface area contributed by atoms with Gasteiger partial charge in [-0.1, -0.05) is 6.07 Å². The molecule has 0 saturated heterocycles. The highest BCUT2D eigenvalue weighted by molar-refractivity contribution is 5.70. The van der Waals surface area contributed by atoms with Crippen LogP contribution in [0.2, 0.25) is 0 Å². The van der Waals surface area contributed by atoms with Crippen LogP contribution in [0.4, 0.5) is 5.82 Å². The molecule has 4 N–H and O–H groups in total. The summed E-state index contributed by atoms with van der Waals surface area (Å²) in [6.07, 6.45) is 0.900. The van der Waals surface area contributed by atoms with Crippen LogP contribution in [0.25, 0.3) is 0 Å². The van der Waals surface area contributed by atoms with E-state index < -0.39 is 12.1 Å². The minimum atomic E-state index is -0.658. The van der Waals surface area contributed by atoms with Crippen LogP contribution in [-0.4, -0.2) is 49.5 Å². The first-order valence-corrected chi connectivity index (χ1v) is 8.11. The smallest absolute Gasteiger partial charge is 0.343 e.